The summed E-state index contributed by atoms with van der Waals surface area (Å²) in [7, 11) is 0. The summed E-state index contributed by atoms with van der Waals surface area (Å²) in [4.78, 5) is 70.1. The highest BCUT2D eigenvalue weighted by atomic mass is 16.6. The van der Waals surface area contributed by atoms with Crippen LogP contribution >= 0.6 is 0 Å². The summed E-state index contributed by atoms with van der Waals surface area (Å²) >= 11 is 0. The van der Waals surface area contributed by atoms with Gasteiger partial charge in [0.1, 0.15) is 41.1 Å². The van der Waals surface area contributed by atoms with Crippen molar-refractivity contribution in [3.63, 3.8) is 0 Å². The Bertz CT molecular complexity index is 2240. The van der Waals surface area contributed by atoms with E-state index in [1.807, 2.05) is 12.1 Å². The number of aromatic carboxylic acids is 1. The predicted octanol–water partition coefficient (Wildman–Crippen LogP) is 6.41. The molecule has 3 aromatic rings. The van der Waals surface area contributed by atoms with Gasteiger partial charge >= 0.3 is 29.8 Å². The quantitative estimate of drug-likeness (QED) is 0.0752. The van der Waals surface area contributed by atoms with Gasteiger partial charge in [-0.05, 0) is 105 Å². The van der Waals surface area contributed by atoms with Gasteiger partial charge in [-0.1, -0.05) is 13.0 Å². The van der Waals surface area contributed by atoms with Crippen LogP contribution in [-0.4, -0.2) is 67.8 Å². The number of benzene rings is 3. The van der Waals surface area contributed by atoms with Crippen molar-refractivity contribution in [1.82, 2.24) is 0 Å². The Morgan fingerprint density at radius 2 is 1.68 bits per heavy atom. The molecule has 0 saturated heterocycles. The lowest BCUT2D eigenvalue weighted by Crippen LogP contribution is -2.45. The summed E-state index contributed by atoms with van der Waals surface area (Å²) < 4.78 is 21.6. The minimum atomic E-state index is -1.60. The molecule has 300 valence electrons. The smallest absolute Gasteiger partial charge is 0.347 e. The third kappa shape index (κ3) is 7.48. The molecule has 7 rings (SSSR count). The minimum absolute atomic E-state index is 0.104. The number of esters is 3. The number of aldehydes is 1. The molecule has 1 heterocycles. The second-order valence-electron chi connectivity index (χ2n) is 15.0. The predicted molar refractivity (Wildman–Crippen MR) is 198 cm³/mol. The molecule has 0 amide bonds. The van der Waals surface area contributed by atoms with Gasteiger partial charge in [-0.25, -0.2) is 19.2 Å². The van der Waals surface area contributed by atoms with E-state index in [9.17, 15) is 49.2 Å². The number of fused-ring (bicyclic) bond motifs is 7. The summed E-state index contributed by atoms with van der Waals surface area (Å²) in [6.45, 7) is 5.71. The topological polar surface area (TPSA) is 240 Å². The molecule has 5 N–H and O–H groups in total. The van der Waals surface area contributed by atoms with Crippen LogP contribution in [0.2, 0.25) is 0 Å². The monoisotopic (exact) mass is 786 g/mol. The van der Waals surface area contributed by atoms with Crippen LogP contribution in [0, 0.1) is 31.1 Å². The molecule has 2 saturated carbocycles. The lowest BCUT2D eigenvalue weighted by Gasteiger charge is -2.50. The highest BCUT2D eigenvalue weighted by Gasteiger charge is 2.56. The Morgan fingerprint density at radius 1 is 0.947 bits per heavy atom. The van der Waals surface area contributed by atoms with Crippen LogP contribution in [0.1, 0.15) is 111 Å². The molecule has 57 heavy (non-hydrogen) atoms. The maximum Gasteiger partial charge on any atom is 0.347 e. The Labute approximate surface area is 326 Å². The average molecular weight is 787 g/mol. The minimum Gasteiger partial charge on any atom is -0.508 e. The van der Waals surface area contributed by atoms with Crippen LogP contribution in [0.5, 0.6) is 34.5 Å². The molecule has 3 aliphatic carbocycles. The summed E-state index contributed by atoms with van der Waals surface area (Å²) in [6, 6.07) is 7.07. The lowest BCUT2D eigenvalue weighted by atomic mass is 9.55. The zero-order valence-corrected chi connectivity index (χ0v) is 31.6. The van der Waals surface area contributed by atoms with Crippen molar-refractivity contribution in [3.05, 3.63) is 80.9 Å². The number of carboxylic acid groups (broad SMARTS) is 2. The Morgan fingerprint density at radius 3 is 2.35 bits per heavy atom. The van der Waals surface area contributed by atoms with Crippen molar-refractivity contribution in [2.75, 3.05) is 0 Å². The van der Waals surface area contributed by atoms with Crippen LogP contribution in [0.4, 0.5) is 0 Å². The number of hydrogen-bond acceptors (Lipinski definition) is 13. The van der Waals surface area contributed by atoms with E-state index in [1.165, 1.54) is 51.2 Å². The summed E-state index contributed by atoms with van der Waals surface area (Å²) in [5.74, 6) is -5.68. The first kappa shape index (κ1) is 40.3. The second-order valence-corrected chi connectivity index (χ2v) is 15.0. The van der Waals surface area contributed by atoms with Gasteiger partial charge in [0.2, 0.25) is 0 Å². The van der Waals surface area contributed by atoms with Crippen molar-refractivity contribution in [1.29, 1.82) is 0 Å². The first-order valence-corrected chi connectivity index (χ1v) is 18.4. The number of ether oxygens (including phenoxy) is 4. The average Bonchev–Trinajstić information content (AvgIpc) is 3.37. The Balaban J connectivity index is 0.000000206. The molecular weight excluding hydrogens is 744 g/mol. The molecule has 2 fully saturated rings. The van der Waals surface area contributed by atoms with Crippen molar-refractivity contribution >= 4 is 36.1 Å². The number of rotatable bonds is 7. The molecular formula is C42H42O15. The molecule has 1 aliphatic heterocycles. The molecule has 15 nitrogen and oxygen atoms in total. The van der Waals surface area contributed by atoms with E-state index in [0.717, 1.165) is 25.3 Å². The largest absolute Gasteiger partial charge is 0.508 e. The van der Waals surface area contributed by atoms with Crippen LogP contribution < -0.4 is 9.47 Å². The number of aliphatic carboxylic acids is 1. The highest BCUT2D eigenvalue weighted by molar-refractivity contribution is 6.03. The third-order valence-electron chi connectivity index (χ3n) is 11.8. The molecule has 0 aromatic heterocycles. The van der Waals surface area contributed by atoms with Gasteiger partial charge < -0.3 is 44.5 Å². The van der Waals surface area contributed by atoms with Crippen LogP contribution in [0.3, 0.4) is 0 Å². The van der Waals surface area contributed by atoms with Crippen molar-refractivity contribution in [2.45, 2.75) is 84.8 Å². The fraction of sp³-hybridized carbons (Fsp3) is 0.381. The molecule has 5 unspecified atom stereocenters. The normalized spacial score (nSPS) is 22.7. The number of carbonyl (C=O) groups excluding carboxylic acids is 4. The van der Waals surface area contributed by atoms with E-state index >= 15 is 0 Å². The number of hydrogen-bond donors (Lipinski definition) is 5. The molecule has 0 radical (unpaired) electrons. The van der Waals surface area contributed by atoms with Gasteiger partial charge in [0.15, 0.2) is 23.5 Å². The maximum atomic E-state index is 12.9. The van der Waals surface area contributed by atoms with Gasteiger partial charge in [-0.2, -0.15) is 0 Å². The van der Waals surface area contributed by atoms with Crippen LogP contribution in [0.25, 0.3) is 0 Å². The highest BCUT2D eigenvalue weighted by Crippen LogP contribution is 2.61. The Kier molecular flexibility index (Phi) is 11.0. The molecule has 0 spiro atoms. The number of carboxylic acids is 2. The van der Waals surface area contributed by atoms with Crippen molar-refractivity contribution in [2.24, 2.45) is 17.3 Å². The SMILES string of the molecule is CC(=O)OC1CCC2C3CCc4cc(O)ccc4C3CCC12C.Cc1cc(O)c(C=O)c2c1C(=O)Oc1c(COC(=O)C=CC(=O)O)c(O)c(C(=O)O)c(C)c1O2. The summed E-state index contributed by atoms with van der Waals surface area (Å²) in [6.07, 6.45) is 8.19. The van der Waals surface area contributed by atoms with Gasteiger partial charge in [0, 0.05) is 30.1 Å². The third-order valence-corrected chi connectivity index (χ3v) is 11.8. The number of aryl methyl sites for hydroxylation is 2. The number of phenolic OH excluding ortho intramolecular Hbond substituents is 2. The molecule has 0 bridgehead atoms. The number of carbonyl (C=O) groups is 6. The summed E-state index contributed by atoms with van der Waals surface area (Å²) in [5.41, 5.74) is 1.14. The van der Waals surface area contributed by atoms with E-state index in [1.54, 1.807) is 0 Å². The molecule has 15 heteroatoms. The van der Waals surface area contributed by atoms with Gasteiger partial charge in [-0.3, -0.25) is 9.59 Å². The molecule has 5 atom stereocenters. The van der Waals surface area contributed by atoms with Crippen LogP contribution in [0.15, 0.2) is 36.4 Å². The second kappa shape index (κ2) is 15.6. The van der Waals surface area contributed by atoms with Gasteiger partial charge in [-0.15, -0.1) is 0 Å². The fourth-order valence-corrected chi connectivity index (χ4v) is 9.23. The van der Waals surface area contributed by atoms with E-state index < -0.39 is 70.2 Å². The molecule has 3 aromatic carbocycles. The Hall–Kier alpha value is -6.38. The number of phenols is 3. The van der Waals surface area contributed by atoms with Crippen molar-refractivity contribution in [3.8, 4) is 34.5 Å². The first-order valence-electron chi connectivity index (χ1n) is 18.4. The van der Waals surface area contributed by atoms with Crippen LogP contribution in [-0.2, 0) is 36.9 Å². The van der Waals surface area contributed by atoms with Gasteiger partial charge in [0.05, 0.1) is 11.1 Å². The lowest BCUT2D eigenvalue weighted by molar-refractivity contribution is -0.154. The zero-order valence-electron chi connectivity index (χ0n) is 31.6. The molecule has 4 aliphatic rings. The van der Waals surface area contributed by atoms with E-state index in [0.29, 0.717) is 35.7 Å². The van der Waals surface area contributed by atoms with E-state index in [2.05, 4.69) is 13.0 Å². The standard InChI is InChI=1S/C22H16O12.C20H26O3/c1-8-5-12(24)10(6-23)19-15(8)22(31)34-20-11(7-32-14(27)4-3-13(25)26)17(28)16(21(29)30)9(2)18(20)33-19;1-12(21)23-19-8-7-18-17-5-3-13-11-14(22)4-6-15(13)16(17)9-10-20(18,19)2/h3-6,24,28H,7H2,1-2H3,(H,25,26)(H,29,30);4,6,11,16-19,22H,3,5,7-10H2,1-2H3. The van der Waals surface area contributed by atoms with E-state index in [-0.39, 0.29) is 46.2 Å². The number of aromatic hydroxyl groups is 3. The van der Waals surface area contributed by atoms with Crippen molar-refractivity contribution < 1.29 is 73.2 Å². The van der Waals surface area contributed by atoms with E-state index in [4.69, 9.17) is 24.1 Å². The first-order chi connectivity index (χ1) is 27.0. The van der Waals surface area contributed by atoms with Gasteiger partial charge in [0.25, 0.3) is 0 Å². The summed E-state index contributed by atoms with van der Waals surface area (Å²) in [5, 5.41) is 48.6. The maximum absolute atomic E-state index is 12.9. The zero-order chi connectivity index (χ0) is 41.5. The fourth-order valence-electron chi connectivity index (χ4n) is 9.23.